The Balaban J connectivity index is 1.16. The second-order valence-electron chi connectivity index (χ2n) is 12.3. The third-order valence-electron chi connectivity index (χ3n) is 8.78. The summed E-state index contributed by atoms with van der Waals surface area (Å²) in [6.07, 6.45) is 5.78. The van der Waals surface area contributed by atoms with Gasteiger partial charge in [-0.2, -0.15) is 0 Å². The zero-order valence-electron chi connectivity index (χ0n) is 28.1. The van der Waals surface area contributed by atoms with Gasteiger partial charge in [-0.15, -0.1) is 0 Å². The maximum absolute atomic E-state index is 13.4. The number of halogens is 2. The van der Waals surface area contributed by atoms with Crippen molar-refractivity contribution in [3.8, 4) is 34.1 Å². The highest BCUT2D eigenvalue weighted by Crippen LogP contribution is 2.40. The molecule has 0 unspecified atom stereocenters. The highest BCUT2D eigenvalue weighted by Gasteiger charge is 2.23. The lowest BCUT2D eigenvalue weighted by atomic mass is 10.1. The van der Waals surface area contributed by atoms with Gasteiger partial charge in [0.25, 0.3) is 5.91 Å². The molecular weight excluding hydrogens is 695 g/mol. The van der Waals surface area contributed by atoms with Crippen LogP contribution < -0.4 is 36.1 Å². The van der Waals surface area contributed by atoms with Gasteiger partial charge in [0.2, 0.25) is 17.7 Å². The van der Waals surface area contributed by atoms with E-state index in [4.69, 9.17) is 37.7 Å². The maximum Gasteiger partial charge on any atom is 0.274 e. The van der Waals surface area contributed by atoms with Crippen molar-refractivity contribution < 1.29 is 23.9 Å². The number of nitrogens with one attached hydrogen (secondary N) is 5. The van der Waals surface area contributed by atoms with E-state index in [1.54, 1.807) is 50.7 Å². The van der Waals surface area contributed by atoms with Crippen molar-refractivity contribution in [2.75, 3.05) is 32.6 Å². The van der Waals surface area contributed by atoms with Crippen molar-refractivity contribution in [1.82, 2.24) is 36.2 Å². The number of aromatic nitrogens is 3. The first-order valence-corrected chi connectivity index (χ1v) is 17.3. The van der Waals surface area contributed by atoms with Crippen molar-refractivity contribution >= 4 is 46.6 Å². The average molecular weight is 734 g/mol. The number of hydrogen-bond acceptors (Lipinski definition) is 10. The molecule has 1 aromatic carbocycles. The van der Waals surface area contributed by atoms with Crippen molar-refractivity contribution in [2.24, 2.45) is 0 Å². The summed E-state index contributed by atoms with van der Waals surface area (Å²) in [6, 6.07) is 12.6. The van der Waals surface area contributed by atoms with Crippen LogP contribution in [0.25, 0.3) is 22.5 Å². The van der Waals surface area contributed by atoms with Crippen LogP contribution in [0, 0.1) is 0 Å². The molecule has 2 fully saturated rings. The molecule has 6 rings (SSSR count). The van der Waals surface area contributed by atoms with Crippen LogP contribution >= 0.6 is 23.2 Å². The molecule has 4 aromatic rings. The lowest BCUT2D eigenvalue weighted by Crippen LogP contribution is -2.35. The Morgan fingerprint density at radius 2 is 1.57 bits per heavy atom. The molecule has 2 saturated heterocycles. The Morgan fingerprint density at radius 1 is 0.863 bits per heavy atom. The summed E-state index contributed by atoms with van der Waals surface area (Å²) >= 11 is 13.8. The molecule has 2 aliphatic rings. The fourth-order valence-electron chi connectivity index (χ4n) is 6.11. The van der Waals surface area contributed by atoms with Crippen LogP contribution in [0.15, 0.2) is 54.9 Å². The molecule has 0 aliphatic carbocycles. The predicted octanol–water partition coefficient (Wildman–Crippen LogP) is 4.52. The quantitative estimate of drug-likeness (QED) is 0.124. The number of ether oxygens (including phenoxy) is 2. The van der Waals surface area contributed by atoms with Gasteiger partial charge in [-0.1, -0.05) is 41.4 Å². The van der Waals surface area contributed by atoms with Gasteiger partial charge >= 0.3 is 0 Å². The van der Waals surface area contributed by atoms with Crippen LogP contribution in [-0.4, -0.2) is 72.1 Å². The highest BCUT2D eigenvalue weighted by atomic mass is 35.5. The molecule has 3 aromatic heterocycles. The summed E-state index contributed by atoms with van der Waals surface area (Å²) < 4.78 is 11.1. The largest absolute Gasteiger partial charge is 0.495 e. The number of methoxy groups -OCH3 is 2. The Bertz CT molecular complexity index is 1940. The molecule has 2 aliphatic heterocycles. The lowest BCUT2D eigenvalue weighted by Gasteiger charge is -2.15. The number of anilines is 1. The number of carbonyl (C=O) groups is 3. The van der Waals surface area contributed by atoms with Crippen molar-refractivity contribution in [3.63, 3.8) is 0 Å². The molecular formula is C36H38Cl2N8O5. The third kappa shape index (κ3) is 8.56. The Hall–Kier alpha value is -4.82. The molecule has 0 saturated carbocycles. The third-order valence-corrected chi connectivity index (χ3v) is 9.57. The van der Waals surface area contributed by atoms with Crippen LogP contribution in [0.3, 0.4) is 0 Å². The SMILES string of the molecule is COc1cnc(C(=O)Nc2cccc(-c3nccc(-c4ccc(CNC[C@H]5CCC(=O)N5)c(OC)n4)c3Cl)c2Cl)cc1CNC[C@@H]1CCC(=O)N1. The average Bonchev–Trinajstić information content (AvgIpc) is 3.76. The van der Waals surface area contributed by atoms with Crippen LogP contribution in [0.1, 0.15) is 47.3 Å². The van der Waals surface area contributed by atoms with E-state index in [1.165, 1.54) is 6.20 Å². The van der Waals surface area contributed by atoms with E-state index in [1.807, 2.05) is 12.1 Å². The molecule has 2 atom stereocenters. The molecule has 0 bridgehead atoms. The molecule has 0 radical (unpaired) electrons. The second kappa shape index (κ2) is 16.5. The van der Waals surface area contributed by atoms with Gasteiger partial charge in [0.1, 0.15) is 11.4 Å². The monoisotopic (exact) mass is 732 g/mol. The molecule has 5 heterocycles. The van der Waals surface area contributed by atoms with Gasteiger partial charge in [-0.05, 0) is 37.1 Å². The number of nitrogens with zero attached hydrogens (tertiary/aromatic N) is 3. The summed E-state index contributed by atoms with van der Waals surface area (Å²) in [6.45, 7) is 2.16. The zero-order chi connectivity index (χ0) is 35.9. The standard InChI is InChI=1S/C36H38Cl2N8O5/c1-50-29-19-42-28(14-21(29)16-40-18-23-8-11-31(48)44-23)35(49)45-27-5-3-4-25(32(27)37)34-33(38)24(12-13-41-34)26-9-6-20(36(46-26)51-2)15-39-17-22-7-10-30(47)43-22/h3-6,9,12-14,19,22-23,39-40H,7-8,10-11,15-18H2,1-2H3,(H,43,47)(H,44,48)(H,45,49)/t22-,23+/m1/s1. The van der Waals surface area contributed by atoms with Crippen LogP contribution in [0.2, 0.25) is 10.0 Å². The lowest BCUT2D eigenvalue weighted by molar-refractivity contribution is -0.120. The van der Waals surface area contributed by atoms with Gasteiger partial charge < -0.3 is 36.1 Å². The topological polar surface area (TPSA) is 168 Å². The smallest absolute Gasteiger partial charge is 0.274 e. The molecule has 3 amide bonds. The first-order valence-electron chi connectivity index (χ1n) is 16.6. The molecule has 266 valence electrons. The van der Waals surface area contributed by atoms with E-state index < -0.39 is 5.91 Å². The predicted molar refractivity (Wildman–Crippen MR) is 194 cm³/mol. The van der Waals surface area contributed by atoms with Gasteiger partial charge in [-0.3, -0.25) is 19.4 Å². The Kier molecular flexibility index (Phi) is 11.6. The van der Waals surface area contributed by atoms with Gasteiger partial charge in [-0.25, -0.2) is 9.97 Å². The summed E-state index contributed by atoms with van der Waals surface area (Å²) in [4.78, 5) is 50.0. The van der Waals surface area contributed by atoms with E-state index >= 15 is 0 Å². The van der Waals surface area contributed by atoms with Gasteiger partial charge in [0.05, 0.1) is 47.5 Å². The number of hydrogen-bond donors (Lipinski definition) is 5. The summed E-state index contributed by atoms with van der Waals surface area (Å²) in [5.41, 5.74) is 4.25. The first-order chi connectivity index (χ1) is 24.7. The first kappa shape index (κ1) is 36.0. The number of benzene rings is 1. The van der Waals surface area contributed by atoms with Crippen LogP contribution in [-0.2, 0) is 22.7 Å². The van der Waals surface area contributed by atoms with Crippen LogP contribution in [0.5, 0.6) is 11.6 Å². The number of carbonyl (C=O) groups excluding carboxylic acids is 3. The van der Waals surface area contributed by atoms with Gasteiger partial charge in [0.15, 0.2) is 0 Å². The summed E-state index contributed by atoms with van der Waals surface area (Å²) in [7, 11) is 3.10. The summed E-state index contributed by atoms with van der Waals surface area (Å²) in [5, 5.41) is 16.0. The molecule has 5 N–H and O–H groups in total. The van der Waals surface area contributed by atoms with Crippen molar-refractivity contribution in [1.29, 1.82) is 0 Å². The minimum Gasteiger partial charge on any atom is -0.495 e. The van der Waals surface area contributed by atoms with E-state index in [0.717, 1.165) is 24.0 Å². The zero-order valence-corrected chi connectivity index (χ0v) is 29.7. The fourth-order valence-corrected chi connectivity index (χ4v) is 6.68. The van der Waals surface area contributed by atoms with Gasteiger partial charge in [0, 0.05) is 79.6 Å². The van der Waals surface area contributed by atoms with E-state index in [2.05, 4.69) is 36.6 Å². The minimum absolute atomic E-state index is 0.0526. The number of rotatable bonds is 14. The van der Waals surface area contributed by atoms with E-state index in [0.29, 0.717) is 83.9 Å². The highest BCUT2D eigenvalue weighted by molar-refractivity contribution is 6.39. The minimum atomic E-state index is -0.465. The van der Waals surface area contributed by atoms with Crippen molar-refractivity contribution in [3.05, 3.63) is 81.7 Å². The fraction of sp³-hybridized carbons (Fsp3) is 0.333. The van der Waals surface area contributed by atoms with Crippen LogP contribution in [0.4, 0.5) is 5.69 Å². The van der Waals surface area contributed by atoms with Crippen molar-refractivity contribution in [2.45, 2.75) is 50.9 Å². The second-order valence-corrected chi connectivity index (χ2v) is 13.0. The molecule has 51 heavy (non-hydrogen) atoms. The normalized spacial score (nSPS) is 16.9. The van der Waals surface area contributed by atoms with E-state index in [-0.39, 0.29) is 34.6 Å². The molecule has 0 spiro atoms. The summed E-state index contributed by atoms with van der Waals surface area (Å²) in [5.74, 6) is 0.643. The Morgan fingerprint density at radius 3 is 2.22 bits per heavy atom. The Labute approximate surface area is 305 Å². The number of amides is 3. The van der Waals surface area contributed by atoms with E-state index in [9.17, 15) is 14.4 Å². The maximum atomic E-state index is 13.4. The molecule has 13 nitrogen and oxygen atoms in total. The molecule has 15 heteroatoms. The number of pyridine rings is 3.